The van der Waals surface area contributed by atoms with Gasteiger partial charge in [-0.05, 0) is 48.4 Å². The lowest BCUT2D eigenvalue weighted by molar-refractivity contribution is 0.252. The van der Waals surface area contributed by atoms with Crippen molar-refractivity contribution < 1.29 is 17.8 Å². The number of nitrogens with two attached hydrogens (primary N) is 1. The van der Waals surface area contributed by atoms with Gasteiger partial charge in [-0.15, -0.1) is 0 Å². The van der Waals surface area contributed by atoms with Crippen LogP contribution < -0.4 is 16.0 Å². The third-order valence-electron chi connectivity index (χ3n) is 3.99. The SMILES string of the molecule is Cc1cc(-c2cc(N3CCNC3=O)ccc2S(=O)(=O)O)ccc1N. The van der Waals surface area contributed by atoms with Gasteiger partial charge in [-0.3, -0.25) is 9.45 Å². The van der Waals surface area contributed by atoms with Crippen molar-refractivity contribution in [2.45, 2.75) is 11.8 Å². The number of nitrogen functional groups attached to an aromatic ring is 1. The van der Waals surface area contributed by atoms with Crippen molar-refractivity contribution in [3.05, 3.63) is 42.0 Å². The average Bonchev–Trinajstić information content (AvgIpc) is 2.94. The molecule has 24 heavy (non-hydrogen) atoms. The molecule has 3 rings (SSSR count). The Labute approximate surface area is 139 Å². The minimum atomic E-state index is -4.41. The molecule has 2 aromatic carbocycles. The fraction of sp³-hybridized carbons (Fsp3) is 0.188. The van der Waals surface area contributed by atoms with E-state index in [0.29, 0.717) is 35.6 Å². The number of rotatable bonds is 3. The van der Waals surface area contributed by atoms with Gasteiger partial charge in [-0.1, -0.05) is 6.07 Å². The lowest BCUT2D eigenvalue weighted by Gasteiger charge is -2.17. The minimum Gasteiger partial charge on any atom is -0.399 e. The molecule has 8 heteroatoms. The largest absolute Gasteiger partial charge is 0.399 e. The van der Waals surface area contributed by atoms with E-state index in [9.17, 15) is 17.8 Å². The van der Waals surface area contributed by atoms with Crippen LogP contribution in [0.15, 0.2) is 41.3 Å². The van der Waals surface area contributed by atoms with Crippen LogP contribution in [0.4, 0.5) is 16.2 Å². The zero-order valence-corrected chi connectivity index (χ0v) is 13.8. The van der Waals surface area contributed by atoms with Gasteiger partial charge in [0.2, 0.25) is 0 Å². The van der Waals surface area contributed by atoms with Crippen molar-refractivity contribution in [1.29, 1.82) is 0 Å². The summed E-state index contributed by atoms with van der Waals surface area (Å²) in [5.74, 6) is 0. The van der Waals surface area contributed by atoms with E-state index in [-0.39, 0.29) is 10.9 Å². The van der Waals surface area contributed by atoms with Crippen molar-refractivity contribution in [3.63, 3.8) is 0 Å². The van der Waals surface area contributed by atoms with Gasteiger partial charge >= 0.3 is 6.03 Å². The van der Waals surface area contributed by atoms with Gasteiger partial charge in [0.1, 0.15) is 4.90 Å². The van der Waals surface area contributed by atoms with Crippen LogP contribution in [0.25, 0.3) is 11.1 Å². The smallest absolute Gasteiger partial charge is 0.321 e. The third-order valence-corrected chi connectivity index (χ3v) is 4.90. The fourth-order valence-electron chi connectivity index (χ4n) is 2.70. The minimum absolute atomic E-state index is 0.213. The molecule has 0 atom stereocenters. The zero-order valence-electron chi connectivity index (χ0n) is 13.0. The summed E-state index contributed by atoms with van der Waals surface area (Å²) in [6, 6.07) is 9.24. The van der Waals surface area contributed by atoms with Crippen molar-refractivity contribution in [3.8, 4) is 11.1 Å². The highest BCUT2D eigenvalue weighted by Crippen LogP contribution is 2.33. The molecule has 0 saturated carbocycles. The Balaban J connectivity index is 2.19. The van der Waals surface area contributed by atoms with E-state index in [1.165, 1.54) is 17.0 Å². The molecule has 1 fully saturated rings. The lowest BCUT2D eigenvalue weighted by atomic mass is 10.0. The van der Waals surface area contributed by atoms with Crippen LogP contribution in [-0.4, -0.2) is 32.1 Å². The highest BCUT2D eigenvalue weighted by atomic mass is 32.2. The van der Waals surface area contributed by atoms with Crippen molar-refractivity contribution in [1.82, 2.24) is 5.32 Å². The highest BCUT2D eigenvalue weighted by molar-refractivity contribution is 7.86. The van der Waals surface area contributed by atoms with Gasteiger partial charge in [-0.2, -0.15) is 8.42 Å². The topological polar surface area (TPSA) is 113 Å². The van der Waals surface area contributed by atoms with Crippen LogP contribution in [0.5, 0.6) is 0 Å². The van der Waals surface area contributed by atoms with Gasteiger partial charge in [0, 0.05) is 30.0 Å². The Morgan fingerprint density at radius 2 is 1.96 bits per heavy atom. The van der Waals surface area contributed by atoms with Crippen LogP contribution in [0.1, 0.15) is 5.56 Å². The maximum atomic E-state index is 11.8. The molecule has 1 aliphatic heterocycles. The fourth-order valence-corrected chi connectivity index (χ4v) is 3.39. The maximum Gasteiger partial charge on any atom is 0.321 e. The predicted octanol–water partition coefficient (Wildman–Crippen LogP) is 2.02. The Morgan fingerprint density at radius 3 is 2.54 bits per heavy atom. The molecule has 2 aromatic rings. The second-order valence-corrected chi connectivity index (χ2v) is 7.00. The molecular weight excluding hydrogens is 330 g/mol. The molecule has 4 N–H and O–H groups in total. The van der Waals surface area contributed by atoms with Crippen LogP contribution in [0, 0.1) is 6.92 Å². The van der Waals surface area contributed by atoms with Gasteiger partial charge in [0.25, 0.3) is 10.1 Å². The van der Waals surface area contributed by atoms with Crippen molar-refractivity contribution in [2.75, 3.05) is 23.7 Å². The van der Waals surface area contributed by atoms with Crippen molar-refractivity contribution in [2.24, 2.45) is 0 Å². The number of nitrogens with zero attached hydrogens (tertiary/aromatic N) is 1. The molecule has 0 aromatic heterocycles. The van der Waals surface area contributed by atoms with Crippen LogP contribution in [0.3, 0.4) is 0 Å². The van der Waals surface area contributed by atoms with E-state index in [0.717, 1.165) is 5.56 Å². The van der Waals surface area contributed by atoms with Gasteiger partial charge in [-0.25, -0.2) is 4.79 Å². The molecule has 1 heterocycles. The summed E-state index contributed by atoms with van der Waals surface area (Å²) in [5, 5.41) is 2.69. The number of carbonyl (C=O) groups excluding carboxylic acids is 1. The normalized spacial score (nSPS) is 14.8. The number of amides is 2. The average molecular weight is 347 g/mol. The van der Waals surface area contributed by atoms with Crippen LogP contribution in [-0.2, 0) is 10.1 Å². The second-order valence-electron chi connectivity index (χ2n) is 5.61. The number of nitrogens with one attached hydrogen (secondary N) is 1. The first-order chi connectivity index (χ1) is 11.3. The van der Waals surface area contributed by atoms with Gasteiger partial charge < -0.3 is 11.1 Å². The maximum absolute atomic E-state index is 11.8. The number of benzene rings is 2. The number of carbonyl (C=O) groups is 1. The Hall–Kier alpha value is -2.58. The van der Waals surface area contributed by atoms with E-state index in [1.807, 2.05) is 6.92 Å². The summed E-state index contributed by atoms with van der Waals surface area (Å²) >= 11 is 0. The van der Waals surface area contributed by atoms with E-state index in [1.54, 1.807) is 24.3 Å². The molecule has 0 bridgehead atoms. The molecule has 1 aliphatic rings. The predicted molar refractivity (Wildman–Crippen MR) is 91.6 cm³/mol. The molecule has 7 nitrogen and oxygen atoms in total. The molecule has 126 valence electrons. The first kappa shape index (κ1) is 16.3. The summed E-state index contributed by atoms with van der Waals surface area (Å²) in [6.45, 7) is 2.82. The Bertz CT molecular complexity index is 925. The van der Waals surface area contributed by atoms with Gasteiger partial charge in [0.15, 0.2) is 0 Å². The van der Waals surface area contributed by atoms with Crippen LogP contribution >= 0.6 is 0 Å². The third kappa shape index (κ3) is 2.93. The molecule has 0 spiro atoms. The van der Waals surface area contributed by atoms with E-state index in [2.05, 4.69) is 5.32 Å². The quantitative estimate of drug-likeness (QED) is 0.581. The highest BCUT2D eigenvalue weighted by Gasteiger charge is 2.24. The first-order valence-electron chi connectivity index (χ1n) is 7.31. The number of aryl methyl sites for hydroxylation is 1. The molecule has 0 unspecified atom stereocenters. The first-order valence-corrected chi connectivity index (χ1v) is 8.75. The number of urea groups is 1. The molecular formula is C16H17N3O4S. The summed E-state index contributed by atoms with van der Waals surface area (Å²) in [4.78, 5) is 13.1. The monoisotopic (exact) mass is 347 g/mol. The summed E-state index contributed by atoms with van der Waals surface area (Å²) in [6.07, 6.45) is 0. The summed E-state index contributed by atoms with van der Waals surface area (Å²) < 4.78 is 32.9. The Kier molecular flexibility index (Phi) is 3.94. The van der Waals surface area contributed by atoms with Gasteiger partial charge in [0.05, 0.1) is 0 Å². The van der Waals surface area contributed by atoms with E-state index < -0.39 is 10.1 Å². The zero-order chi connectivity index (χ0) is 17.5. The standard InChI is InChI=1S/C16H17N3O4S/c1-10-8-11(2-4-14(10)17)13-9-12(19-7-6-18-16(19)20)3-5-15(13)24(21,22)23/h2-5,8-9H,6-7,17H2,1H3,(H,18,20)(H,21,22,23). The van der Waals surface area contributed by atoms with Crippen molar-refractivity contribution >= 4 is 27.5 Å². The summed E-state index contributed by atoms with van der Waals surface area (Å²) in [5.41, 5.74) is 8.65. The van der Waals surface area contributed by atoms with E-state index >= 15 is 0 Å². The van der Waals surface area contributed by atoms with Crippen LogP contribution in [0.2, 0.25) is 0 Å². The Morgan fingerprint density at radius 1 is 1.21 bits per heavy atom. The number of hydrogen-bond donors (Lipinski definition) is 3. The lowest BCUT2D eigenvalue weighted by Crippen LogP contribution is -2.27. The molecule has 0 aliphatic carbocycles. The van der Waals surface area contributed by atoms with E-state index in [4.69, 9.17) is 5.73 Å². The second kappa shape index (κ2) is 5.81. The molecule has 0 radical (unpaired) electrons. The molecule has 2 amide bonds. The number of hydrogen-bond acceptors (Lipinski definition) is 4. The number of anilines is 2. The molecule has 1 saturated heterocycles. The summed E-state index contributed by atoms with van der Waals surface area (Å²) in [7, 11) is -4.41.